The highest BCUT2D eigenvalue weighted by molar-refractivity contribution is 7.92. The highest BCUT2D eigenvalue weighted by atomic mass is 32.2. The molecule has 0 N–H and O–H groups in total. The lowest BCUT2D eigenvalue weighted by Gasteiger charge is -2.31. The number of ether oxygens (including phenoxy) is 1. The van der Waals surface area contributed by atoms with Gasteiger partial charge in [-0.05, 0) is 61.4 Å². The Bertz CT molecular complexity index is 995. The average Bonchev–Trinajstić information content (AvgIpc) is 2.68. The molecule has 1 saturated heterocycles. The topological polar surface area (TPSA) is 80.8 Å². The molecular weight excluding hydrogens is 393 g/mol. The third-order valence-electron chi connectivity index (χ3n) is 4.68. The van der Waals surface area contributed by atoms with E-state index in [2.05, 4.69) is 0 Å². The molecule has 2 aromatic carbocycles. The summed E-state index contributed by atoms with van der Waals surface area (Å²) in [4.78, 5) is 0.198. The molecule has 1 aliphatic rings. The van der Waals surface area contributed by atoms with E-state index in [-0.39, 0.29) is 35.7 Å². The van der Waals surface area contributed by atoms with Crippen LogP contribution in [-0.4, -0.2) is 46.6 Å². The lowest BCUT2D eigenvalue weighted by atomic mass is 10.2. The molecule has 0 atom stereocenters. The Morgan fingerprint density at radius 3 is 1.93 bits per heavy atom. The van der Waals surface area contributed by atoms with Gasteiger partial charge in [0.25, 0.3) is 0 Å². The van der Waals surface area contributed by atoms with E-state index in [4.69, 9.17) is 4.74 Å². The molecule has 0 radical (unpaired) electrons. The maximum absolute atomic E-state index is 13.0. The van der Waals surface area contributed by atoms with Crippen LogP contribution in [0.3, 0.4) is 0 Å². The Morgan fingerprint density at radius 1 is 0.889 bits per heavy atom. The Morgan fingerprint density at radius 2 is 1.41 bits per heavy atom. The van der Waals surface area contributed by atoms with Crippen LogP contribution in [0.2, 0.25) is 0 Å². The smallest absolute Gasteiger partial charge is 0.243 e. The lowest BCUT2D eigenvalue weighted by molar-refractivity contribution is 0.345. The molecule has 0 aromatic heterocycles. The molecule has 9 heteroatoms. The van der Waals surface area contributed by atoms with E-state index in [9.17, 15) is 21.2 Å². The fourth-order valence-corrected chi connectivity index (χ4v) is 6.30. The van der Waals surface area contributed by atoms with Crippen LogP contribution >= 0.6 is 0 Å². The Labute approximate surface area is 158 Å². The number of rotatable bonds is 5. The molecule has 0 amide bonds. The van der Waals surface area contributed by atoms with Gasteiger partial charge < -0.3 is 4.74 Å². The third-order valence-corrected chi connectivity index (χ3v) is 8.87. The van der Waals surface area contributed by atoms with E-state index in [1.165, 1.54) is 35.7 Å². The van der Waals surface area contributed by atoms with E-state index >= 15 is 0 Å². The van der Waals surface area contributed by atoms with Crippen LogP contribution in [0, 0.1) is 5.82 Å². The molecule has 1 aliphatic heterocycles. The minimum atomic E-state index is -3.69. The SMILES string of the molecule is COc1ccc(S(=O)(=O)N2CCC(S(=O)(=O)c3ccc(F)cc3)CC2)cc1. The zero-order valence-corrected chi connectivity index (χ0v) is 16.3. The fraction of sp³-hybridized carbons (Fsp3) is 0.333. The number of sulfonamides is 1. The number of piperidine rings is 1. The summed E-state index contributed by atoms with van der Waals surface area (Å²) in [6.45, 7) is 0.221. The maximum atomic E-state index is 13.0. The Kier molecular flexibility index (Phi) is 5.55. The summed E-state index contributed by atoms with van der Waals surface area (Å²) in [5.41, 5.74) is 0. The van der Waals surface area contributed by atoms with Gasteiger partial charge in [-0.25, -0.2) is 21.2 Å². The van der Waals surface area contributed by atoms with Crippen LogP contribution in [0.25, 0.3) is 0 Å². The normalized spacial score (nSPS) is 17.0. The van der Waals surface area contributed by atoms with Crippen molar-refractivity contribution in [3.8, 4) is 5.75 Å². The Balaban J connectivity index is 1.73. The van der Waals surface area contributed by atoms with Crippen molar-refractivity contribution in [2.45, 2.75) is 27.9 Å². The number of hydrogen-bond acceptors (Lipinski definition) is 5. The summed E-state index contributed by atoms with van der Waals surface area (Å²) in [5.74, 6) is 0.0485. The molecule has 6 nitrogen and oxygen atoms in total. The summed E-state index contributed by atoms with van der Waals surface area (Å²) < 4.78 is 70.2. The van der Waals surface area contributed by atoms with Crippen LogP contribution in [0.15, 0.2) is 58.3 Å². The van der Waals surface area contributed by atoms with Crippen LogP contribution in [-0.2, 0) is 19.9 Å². The highest BCUT2D eigenvalue weighted by Crippen LogP contribution is 2.28. The molecule has 27 heavy (non-hydrogen) atoms. The van der Waals surface area contributed by atoms with Crippen molar-refractivity contribution in [1.29, 1.82) is 0 Å². The fourth-order valence-electron chi connectivity index (χ4n) is 3.10. The number of sulfone groups is 1. The summed E-state index contributed by atoms with van der Waals surface area (Å²) in [6.07, 6.45) is 0.379. The largest absolute Gasteiger partial charge is 0.497 e. The van der Waals surface area contributed by atoms with Gasteiger partial charge in [-0.3, -0.25) is 0 Å². The van der Waals surface area contributed by atoms with E-state index in [0.717, 1.165) is 12.1 Å². The summed E-state index contributed by atoms with van der Waals surface area (Å²) in [5, 5.41) is -0.690. The number of benzene rings is 2. The van der Waals surface area contributed by atoms with Crippen molar-refractivity contribution < 1.29 is 26.0 Å². The second-order valence-electron chi connectivity index (χ2n) is 6.28. The van der Waals surface area contributed by atoms with E-state index < -0.39 is 30.9 Å². The molecule has 1 fully saturated rings. The molecule has 1 heterocycles. The second kappa shape index (κ2) is 7.57. The number of halogens is 1. The monoisotopic (exact) mass is 413 g/mol. The number of nitrogens with zero attached hydrogens (tertiary/aromatic N) is 1. The van der Waals surface area contributed by atoms with Crippen LogP contribution in [0.5, 0.6) is 5.75 Å². The van der Waals surface area contributed by atoms with Crippen LogP contribution in [0.4, 0.5) is 4.39 Å². The van der Waals surface area contributed by atoms with Crippen molar-refractivity contribution in [1.82, 2.24) is 4.31 Å². The van der Waals surface area contributed by atoms with Crippen molar-refractivity contribution >= 4 is 19.9 Å². The predicted octanol–water partition coefficient (Wildman–Crippen LogP) is 2.46. The van der Waals surface area contributed by atoms with Crippen molar-refractivity contribution in [3.05, 3.63) is 54.3 Å². The van der Waals surface area contributed by atoms with Crippen molar-refractivity contribution in [2.75, 3.05) is 20.2 Å². The van der Waals surface area contributed by atoms with E-state index in [0.29, 0.717) is 5.75 Å². The second-order valence-corrected chi connectivity index (χ2v) is 10.4. The van der Waals surface area contributed by atoms with Crippen LogP contribution < -0.4 is 4.74 Å². The molecule has 2 aromatic rings. The maximum Gasteiger partial charge on any atom is 0.243 e. The van der Waals surface area contributed by atoms with E-state index in [1.54, 1.807) is 12.1 Å². The first kappa shape index (κ1) is 19.8. The number of hydrogen-bond donors (Lipinski definition) is 0. The molecule has 0 bridgehead atoms. The summed E-state index contributed by atoms with van der Waals surface area (Å²) in [6, 6.07) is 10.8. The lowest BCUT2D eigenvalue weighted by Crippen LogP contribution is -2.42. The van der Waals surface area contributed by atoms with Gasteiger partial charge in [0, 0.05) is 13.1 Å². The van der Waals surface area contributed by atoms with Crippen LogP contribution in [0.1, 0.15) is 12.8 Å². The average molecular weight is 413 g/mol. The molecule has 146 valence electrons. The van der Waals surface area contributed by atoms with Gasteiger partial charge >= 0.3 is 0 Å². The molecule has 0 saturated carbocycles. The standard InChI is InChI=1S/C18H20FNO5S2/c1-25-15-4-8-18(9-5-15)27(23,24)20-12-10-17(11-13-20)26(21,22)16-6-2-14(19)3-7-16/h2-9,17H,10-13H2,1H3. The van der Waals surface area contributed by atoms with Gasteiger partial charge in [0.05, 0.1) is 22.2 Å². The molecule has 0 unspecified atom stereocenters. The molecule has 0 aliphatic carbocycles. The summed E-state index contributed by atoms with van der Waals surface area (Å²) in [7, 11) is -5.82. The minimum Gasteiger partial charge on any atom is -0.497 e. The van der Waals surface area contributed by atoms with Gasteiger partial charge in [0.1, 0.15) is 11.6 Å². The molecule has 3 rings (SSSR count). The molecular formula is C18H20FNO5S2. The van der Waals surface area contributed by atoms with Gasteiger partial charge in [-0.2, -0.15) is 4.31 Å². The zero-order chi connectivity index (χ0) is 19.7. The quantitative estimate of drug-likeness (QED) is 0.704. The minimum absolute atomic E-state index is 0.0559. The Hall–Kier alpha value is -1.97. The first-order valence-corrected chi connectivity index (χ1v) is 11.4. The number of methoxy groups -OCH3 is 1. The van der Waals surface area contributed by atoms with Gasteiger partial charge in [-0.15, -0.1) is 0 Å². The van der Waals surface area contributed by atoms with Crippen molar-refractivity contribution in [2.24, 2.45) is 0 Å². The van der Waals surface area contributed by atoms with Crippen molar-refractivity contribution in [3.63, 3.8) is 0 Å². The zero-order valence-electron chi connectivity index (χ0n) is 14.7. The van der Waals surface area contributed by atoms with Gasteiger partial charge in [0.15, 0.2) is 9.84 Å². The first-order valence-electron chi connectivity index (χ1n) is 8.39. The molecule has 0 spiro atoms. The third kappa shape index (κ3) is 3.99. The van der Waals surface area contributed by atoms with Gasteiger partial charge in [-0.1, -0.05) is 0 Å². The summed E-state index contributed by atoms with van der Waals surface area (Å²) >= 11 is 0. The van der Waals surface area contributed by atoms with Gasteiger partial charge in [0.2, 0.25) is 10.0 Å². The first-order chi connectivity index (χ1) is 12.7. The van der Waals surface area contributed by atoms with E-state index in [1.807, 2.05) is 0 Å². The highest BCUT2D eigenvalue weighted by Gasteiger charge is 2.35. The predicted molar refractivity (Wildman–Crippen MR) is 98.4 cm³/mol.